The second kappa shape index (κ2) is 7.01. The molecule has 1 heterocycles. The summed E-state index contributed by atoms with van der Waals surface area (Å²) >= 11 is 1.12. The van der Waals surface area contributed by atoms with Crippen molar-refractivity contribution in [3.05, 3.63) is 0 Å². The van der Waals surface area contributed by atoms with Crippen molar-refractivity contribution < 1.29 is 14.0 Å². The van der Waals surface area contributed by atoms with E-state index in [0.717, 1.165) is 37.4 Å². The molecule has 0 aromatic heterocycles. The van der Waals surface area contributed by atoms with Gasteiger partial charge < -0.3 is 4.43 Å². The van der Waals surface area contributed by atoms with E-state index in [4.69, 9.17) is 4.43 Å². The molecule has 19 heavy (non-hydrogen) atoms. The van der Waals surface area contributed by atoms with Crippen molar-refractivity contribution in [2.24, 2.45) is 0 Å². The number of carbonyl (C=O) groups is 2. The standard InChI is InChI=1S/C13H25NO3SSi/c1-6-7-8-9-13(17-19(4)5)11(14(2)3)10(15)12(16)18-13/h11,19H,6-9H2,1-5H3. The average Bonchev–Trinajstić information content (AvgIpc) is 2.50. The Morgan fingerprint density at radius 2 is 1.95 bits per heavy atom. The Balaban J connectivity index is 2.98. The first-order valence-corrected chi connectivity index (χ1v) is 10.5. The Hall–Kier alpha value is -0.173. The molecule has 1 aliphatic heterocycles. The molecule has 0 N–H and O–H groups in total. The van der Waals surface area contributed by atoms with Crippen LogP contribution in [-0.2, 0) is 14.0 Å². The fraction of sp³-hybridized carbons (Fsp3) is 0.846. The van der Waals surface area contributed by atoms with Gasteiger partial charge in [-0.05, 0) is 51.8 Å². The van der Waals surface area contributed by atoms with Gasteiger partial charge in [0.05, 0.1) is 0 Å². The van der Waals surface area contributed by atoms with Crippen molar-refractivity contribution >= 4 is 31.7 Å². The van der Waals surface area contributed by atoms with Crippen LogP contribution in [0.2, 0.25) is 13.1 Å². The SMILES string of the molecule is CCCCCC1(O[SiH](C)C)SC(=O)C(=O)C1N(C)C. The summed E-state index contributed by atoms with van der Waals surface area (Å²) in [5.74, 6) is -0.304. The van der Waals surface area contributed by atoms with E-state index in [2.05, 4.69) is 20.0 Å². The van der Waals surface area contributed by atoms with Gasteiger partial charge in [-0.3, -0.25) is 14.5 Å². The van der Waals surface area contributed by atoms with Crippen LogP contribution in [0.25, 0.3) is 0 Å². The highest BCUT2D eigenvalue weighted by atomic mass is 32.2. The molecular weight excluding hydrogens is 278 g/mol. The lowest BCUT2D eigenvalue weighted by Gasteiger charge is -2.37. The molecule has 1 aliphatic rings. The largest absolute Gasteiger partial charge is 0.404 e. The van der Waals surface area contributed by atoms with Gasteiger partial charge in [0, 0.05) is 0 Å². The van der Waals surface area contributed by atoms with Gasteiger partial charge in [0.15, 0.2) is 9.04 Å². The van der Waals surface area contributed by atoms with Crippen LogP contribution in [0.4, 0.5) is 0 Å². The van der Waals surface area contributed by atoms with Gasteiger partial charge in [-0.2, -0.15) is 0 Å². The predicted molar refractivity (Wildman–Crippen MR) is 81.9 cm³/mol. The second-order valence-electron chi connectivity index (χ2n) is 5.56. The van der Waals surface area contributed by atoms with Crippen molar-refractivity contribution in [3.8, 4) is 0 Å². The Bertz CT molecular complexity index is 349. The Morgan fingerprint density at radius 3 is 2.42 bits per heavy atom. The Morgan fingerprint density at radius 1 is 1.32 bits per heavy atom. The third-order valence-corrected chi connectivity index (χ3v) is 5.53. The summed E-state index contributed by atoms with van der Waals surface area (Å²) in [5.41, 5.74) is 0. The summed E-state index contributed by atoms with van der Waals surface area (Å²) in [7, 11) is 2.37. The molecule has 0 aromatic carbocycles. The van der Waals surface area contributed by atoms with Crippen LogP contribution in [0, 0.1) is 0 Å². The van der Waals surface area contributed by atoms with Crippen molar-refractivity contribution in [1.82, 2.24) is 4.90 Å². The molecule has 0 saturated carbocycles. The van der Waals surface area contributed by atoms with E-state index in [1.54, 1.807) is 0 Å². The molecule has 1 fully saturated rings. The molecule has 2 unspecified atom stereocenters. The molecule has 4 nitrogen and oxygen atoms in total. The minimum absolute atomic E-state index is 0.304. The zero-order valence-corrected chi connectivity index (χ0v) is 14.5. The van der Waals surface area contributed by atoms with Crippen LogP contribution in [0.1, 0.15) is 32.6 Å². The predicted octanol–water partition coefficient (Wildman–Crippen LogP) is 2.04. The first-order valence-electron chi connectivity index (χ1n) is 6.95. The number of ketones is 1. The van der Waals surface area contributed by atoms with Crippen molar-refractivity contribution in [2.45, 2.75) is 56.7 Å². The maximum absolute atomic E-state index is 12.1. The monoisotopic (exact) mass is 303 g/mol. The van der Waals surface area contributed by atoms with Crippen LogP contribution in [0.3, 0.4) is 0 Å². The van der Waals surface area contributed by atoms with E-state index in [9.17, 15) is 9.59 Å². The summed E-state index contributed by atoms with van der Waals surface area (Å²) in [6.07, 6.45) is 3.99. The third-order valence-electron chi connectivity index (χ3n) is 3.21. The highest BCUT2D eigenvalue weighted by Gasteiger charge is 2.55. The van der Waals surface area contributed by atoms with E-state index in [0.29, 0.717) is 0 Å². The number of rotatable bonds is 7. The van der Waals surface area contributed by atoms with Crippen LogP contribution >= 0.6 is 11.8 Å². The molecule has 0 amide bonds. The quantitative estimate of drug-likeness (QED) is 0.409. The Labute approximate surface area is 122 Å². The molecule has 0 radical (unpaired) electrons. The van der Waals surface area contributed by atoms with Gasteiger partial charge in [0.1, 0.15) is 11.0 Å². The lowest BCUT2D eigenvalue weighted by molar-refractivity contribution is -0.135. The van der Waals surface area contributed by atoms with Gasteiger partial charge in [-0.25, -0.2) is 0 Å². The third kappa shape index (κ3) is 3.90. The van der Waals surface area contributed by atoms with E-state index in [-0.39, 0.29) is 10.9 Å². The Kier molecular flexibility index (Phi) is 6.23. The van der Waals surface area contributed by atoms with Crippen molar-refractivity contribution in [2.75, 3.05) is 14.1 Å². The van der Waals surface area contributed by atoms with Gasteiger partial charge >= 0.3 is 0 Å². The molecule has 1 saturated heterocycles. The highest BCUT2D eigenvalue weighted by molar-refractivity contribution is 8.17. The highest BCUT2D eigenvalue weighted by Crippen LogP contribution is 2.44. The lowest BCUT2D eigenvalue weighted by atomic mass is 10.00. The fourth-order valence-electron chi connectivity index (χ4n) is 2.56. The number of Topliss-reactive ketones (excluding diaryl/α,β-unsaturated/α-hetero) is 1. The van der Waals surface area contributed by atoms with E-state index in [1.165, 1.54) is 0 Å². The second-order valence-corrected chi connectivity index (χ2v) is 9.15. The van der Waals surface area contributed by atoms with Crippen LogP contribution in [0.5, 0.6) is 0 Å². The fourth-order valence-corrected chi connectivity index (χ4v) is 5.57. The maximum atomic E-state index is 12.1. The minimum Gasteiger partial charge on any atom is -0.404 e. The summed E-state index contributed by atoms with van der Waals surface area (Å²) < 4.78 is 6.18. The van der Waals surface area contributed by atoms with E-state index >= 15 is 0 Å². The zero-order valence-electron chi connectivity index (χ0n) is 12.6. The summed E-state index contributed by atoms with van der Waals surface area (Å²) in [5, 5.41) is -0.343. The molecule has 0 aromatic rings. The smallest absolute Gasteiger partial charge is 0.259 e. The first-order chi connectivity index (χ1) is 8.84. The molecular formula is C13H25NO3SSi. The lowest BCUT2D eigenvalue weighted by Crippen LogP contribution is -2.51. The normalized spacial score (nSPS) is 27.8. The van der Waals surface area contributed by atoms with E-state index in [1.807, 2.05) is 19.0 Å². The van der Waals surface area contributed by atoms with E-state index < -0.39 is 20.0 Å². The molecule has 110 valence electrons. The van der Waals surface area contributed by atoms with Gasteiger partial charge in [0.2, 0.25) is 5.78 Å². The van der Waals surface area contributed by atoms with Crippen molar-refractivity contribution in [1.29, 1.82) is 0 Å². The van der Waals surface area contributed by atoms with Gasteiger partial charge in [0.25, 0.3) is 5.12 Å². The molecule has 1 rings (SSSR count). The molecule has 0 bridgehead atoms. The molecule has 0 aliphatic carbocycles. The van der Waals surface area contributed by atoms with Crippen molar-refractivity contribution in [3.63, 3.8) is 0 Å². The zero-order chi connectivity index (χ0) is 14.6. The number of likely N-dealkylation sites (N-methyl/N-ethyl adjacent to an activating group) is 1. The van der Waals surface area contributed by atoms with Crippen LogP contribution in [-0.4, -0.2) is 49.9 Å². The number of hydrogen-bond donors (Lipinski definition) is 0. The summed E-state index contributed by atoms with van der Waals surface area (Å²) in [4.78, 5) is 25.1. The molecule has 2 atom stereocenters. The maximum Gasteiger partial charge on any atom is 0.259 e. The van der Waals surface area contributed by atoms with Gasteiger partial charge in [-0.1, -0.05) is 19.8 Å². The topological polar surface area (TPSA) is 46.6 Å². The average molecular weight is 304 g/mol. The number of carbonyl (C=O) groups excluding carboxylic acids is 2. The van der Waals surface area contributed by atoms with Crippen LogP contribution in [0.15, 0.2) is 0 Å². The first kappa shape index (κ1) is 16.9. The number of thioether (sulfide) groups is 1. The number of hydrogen-bond acceptors (Lipinski definition) is 5. The summed E-state index contributed by atoms with van der Waals surface area (Å²) in [6.45, 7) is 6.32. The van der Waals surface area contributed by atoms with Gasteiger partial charge in [-0.15, -0.1) is 0 Å². The number of unbranched alkanes of at least 4 members (excludes halogenated alkanes) is 2. The summed E-state index contributed by atoms with van der Waals surface area (Å²) in [6, 6.07) is -0.434. The molecule has 0 spiro atoms. The van der Waals surface area contributed by atoms with Crippen LogP contribution < -0.4 is 0 Å². The number of nitrogens with zero attached hydrogens (tertiary/aromatic N) is 1. The molecule has 6 heteroatoms. The minimum atomic E-state index is -1.33.